The topological polar surface area (TPSA) is 43.8 Å². The molecule has 0 atom stereocenters. The van der Waals surface area contributed by atoms with Gasteiger partial charge in [0.05, 0.1) is 17.2 Å². The Balaban J connectivity index is 2.30. The van der Waals surface area contributed by atoms with Crippen LogP contribution in [0.2, 0.25) is 0 Å². The predicted molar refractivity (Wildman–Crippen MR) is 59.8 cm³/mol. The minimum absolute atomic E-state index is 0.228. The van der Waals surface area contributed by atoms with Crippen LogP contribution in [-0.2, 0) is 6.54 Å². The summed E-state index contributed by atoms with van der Waals surface area (Å²) in [6.07, 6.45) is 1.53. The predicted octanol–water partition coefficient (Wildman–Crippen LogP) is 2.55. The van der Waals surface area contributed by atoms with E-state index in [9.17, 15) is 8.78 Å². The highest BCUT2D eigenvalue weighted by Crippen LogP contribution is 2.19. The Morgan fingerprint density at radius 3 is 2.38 bits per heavy atom. The van der Waals surface area contributed by atoms with E-state index in [0.29, 0.717) is 15.9 Å². The monoisotopic (exact) mass is 287 g/mol. The van der Waals surface area contributed by atoms with Crippen molar-refractivity contribution in [1.29, 1.82) is 0 Å². The van der Waals surface area contributed by atoms with Gasteiger partial charge in [-0.15, -0.1) is 0 Å². The zero-order chi connectivity index (χ0) is 11.7. The van der Waals surface area contributed by atoms with E-state index in [2.05, 4.69) is 21.0 Å². The molecule has 0 aliphatic rings. The van der Waals surface area contributed by atoms with Crippen molar-refractivity contribution < 1.29 is 8.78 Å². The first-order chi connectivity index (χ1) is 7.56. The summed E-state index contributed by atoms with van der Waals surface area (Å²) in [5.74, 6) is -0.802. The molecule has 3 nitrogen and oxygen atoms in total. The number of nitrogen functional groups attached to an aromatic ring is 1. The lowest BCUT2D eigenvalue weighted by atomic mass is 10.2. The van der Waals surface area contributed by atoms with Crippen molar-refractivity contribution in [1.82, 2.24) is 9.78 Å². The number of halogens is 3. The van der Waals surface area contributed by atoms with Gasteiger partial charge in [-0.3, -0.25) is 0 Å². The maximum Gasteiger partial charge on any atom is 0.136 e. The first-order valence-corrected chi connectivity index (χ1v) is 5.27. The van der Waals surface area contributed by atoms with E-state index >= 15 is 0 Å². The number of nitrogens with two attached hydrogens (primary N) is 1. The number of benzene rings is 1. The molecule has 0 saturated carbocycles. The average molecular weight is 288 g/mol. The van der Waals surface area contributed by atoms with Crippen LogP contribution in [0.15, 0.2) is 28.9 Å². The highest BCUT2D eigenvalue weighted by atomic mass is 79.9. The van der Waals surface area contributed by atoms with Crippen LogP contribution < -0.4 is 5.73 Å². The Kier molecular flexibility index (Phi) is 2.91. The number of anilines is 1. The van der Waals surface area contributed by atoms with Gasteiger partial charge in [0.2, 0.25) is 0 Å². The molecule has 0 radical (unpaired) electrons. The Bertz CT molecular complexity index is 505. The fourth-order valence-corrected chi connectivity index (χ4v) is 1.67. The molecular weight excluding hydrogens is 280 g/mol. The molecule has 0 fully saturated rings. The van der Waals surface area contributed by atoms with Crippen LogP contribution >= 0.6 is 15.9 Å². The van der Waals surface area contributed by atoms with E-state index in [0.717, 1.165) is 6.07 Å². The second-order valence-electron chi connectivity index (χ2n) is 3.31. The maximum absolute atomic E-state index is 12.9. The van der Waals surface area contributed by atoms with Crippen LogP contribution in [0, 0.1) is 11.6 Å². The van der Waals surface area contributed by atoms with E-state index < -0.39 is 11.6 Å². The zero-order valence-electron chi connectivity index (χ0n) is 8.12. The van der Waals surface area contributed by atoms with E-state index in [4.69, 9.17) is 5.73 Å². The van der Waals surface area contributed by atoms with Crippen LogP contribution in [-0.4, -0.2) is 9.78 Å². The normalized spacial score (nSPS) is 10.7. The van der Waals surface area contributed by atoms with Gasteiger partial charge in [0.1, 0.15) is 17.5 Å². The van der Waals surface area contributed by atoms with Crippen LogP contribution in [0.3, 0.4) is 0 Å². The fraction of sp³-hybridized carbons (Fsp3) is 0.100. The van der Waals surface area contributed by atoms with Crippen LogP contribution in [0.5, 0.6) is 0 Å². The van der Waals surface area contributed by atoms with Crippen molar-refractivity contribution in [3.63, 3.8) is 0 Å². The molecule has 2 rings (SSSR count). The molecule has 2 aromatic rings. The number of aromatic nitrogens is 2. The molecule has 0 aliphatic heterocycles. The summed E-state index contributed by atoms with van der Waals surface area (Å²) >= 11 is 3.20. The van der Waals surface area contributed by atoms with Crippen LogP contribution in [0.1, 0.15) is 5.56 Å². The quantitative estimate of drug-likeness (QED) is 0.923. The molecule has 0 spiro atoms. The molecule has 84 valence electrons. The summed E-state index contributed by atoms with van der Waals surface area (Å²) in [5.41, 5.74) is 6.16. The first kappa shape index (κ1) is 11.1. The summed E-state index contributed by atoms with van der Waals surface area (Å²) in [4.78, 5) is 0. The standard InChI is InChI=1S/C10H8BrF2N3/c11-9-4-15-16(10(9)14)5-6-1-7(12)3-8(13)2-6/h1-4H,5,14H2. The molecule has 6 heteroatoms. The minimum Gasteiger partial charge on any atom is -0.383 e. The average Bonchev–Trinajstić information content (AvgIpc) is 2.48. The minimum atomic E-state index is -0.611. The van der Waals surface area contributed by atoms with Crippen molar-refractivity contribution >= 4 is 21.7 Å². The van der Waals surface area contributed by atoms with Gasteiger partial charge in [-0.05, 0) is 33.6 Å². The fourth-order valence-electron chi connectivity index (χ4n) is 1.37. The molecule has 0 unspecified atom stereocenters. The summed E-state index contributed by atoms with van der Waals surface area (Å²) in [6, 6.07) is 3.32. The molecule has 1 aromatic carbocycles. The van der Waals surface area contributed by atoms with Gasteiger partial charge in [-0.2, -0.15) is 5.10 Å². The Morgan fingerprint density at radius 1 is 1.25 bits per heavy atom. The highest BCUT2D eigenvalue weighted by Gasteiger charge is 2.06. The molecule has 2 N–H and O–H groups in total. The number of hydrogen-bond acceptors (Lipinski definition) is 2. The second-order valence-corrected chi connectivity index (χ2v) is 4.17. The van der Waals surface area contributed by atoms with E-state index in [1.54, 1.807) is 0 Å². The van der Waals surface area contributed by atoms with E-state index in [1.165, 1.54) is 23.0 Å². The number of nitrogens with zero attached hydrogens (tertiary/aromatic N) is 2. The van der Waals surface area contributed by atoms with Crippen molar-refractivity contribution in [2.45, 2.75) is 6.54 Å². The van der Waals surface area contributed by atoms with Gasteiger partial charge in [0.25, 0.3) is 0 Å². The molecule has 1 aromatic heterocycles. The molecular formula is C10H8BrF2N3. The summed E-state index contributed by atoms with van der Waals surface area (Å²) < 4.78 is 28.0. The summed E-state index contributed by atoms with van der Waals surface area (Å²) in [6.45, 7) is 0.228. The van der Waals surface area contributed by atoms with Gasteiger partial charge < -0.3 is 5.73 Å². The molecule has 1 heterocycles. The highest BCUT2D eigenvalue weighted by molar-refractivity contribution is 9.10. The first-order valence-electron chi connectivity index (χ1n) is 4.48. The van der Waals surface area contributed by atoms with Crippen molar-refractivity contribution in [3.05, 3.63) is 46.1 Å². The number of rotatable bonds is 2. The summed E-state index contributed by atoms with van der Waals surface area (Å²) in [5, 5.41) is 3.97. The smallest absolute Gasteiger partial charge is 0.136 e. The Labute approximate surface area is 99.0 Å². The third-order valence-corrected chi connectivity index (χ3v) is 2.70. The molecule has 16 heavy (non-hydrogen) atoms. The lowest BCUT2D eigenvalue weighted by Gasteiger charge is -2.04. The molecule has 0 amide bonds. The molecule has 0 aliphatic carbocycles. The SMILES string of the molecule is Nc1c(Br)cnn1Cc1cc(F)cc(F)c1. The number of hydrogen-bond donors (Lipinski definition) is 1. The largest absolute Gasteiger partial charge is 0.383 e. The van der Waals surface area contributed by atoms with E-state index in [1.807, 2.05) is 0 Å². The second kappa shape index (κ2) is 4.21. The van der Waals surface area contributed by atoms with Crippen molar-refractivity contribution in [2.24, 2.45) is 0 Å². The molecule has 0 saturated heterocycles. The van der Waals surface area contributed by atoms with Crippen LogP contribution in [0.25, 0.3) is 0 Å². The third-order valence-electron chi connectivity index (χ3n) is 2.09. The van der Waals surface area contributed by atoms with Gasteiger partial charge in [-0.1, -0.05) is 0 Å². The summed E-state index contributed by atoms with van der Waals surface area (Å²) in [7, 11) is 0. The van der Waals surface area contributed by atoms with E-state index in [-0.39, 0.29) is 6.54 Å². The maximum atomic E-state index is 12.9. The Hall–Kier alpha value is -1.43. The zero-order valence-corrected chi connectivity index (χ0v) is 9.71. The van der Waals surface area contributed by atoms with Crippen molar-refractivity contribution in [2.75, 3.05) is 5.73 Å². The molecule has 0 bridgehead atoms. The Morgan fingerprint density at radius 2 is 1.88 bits per heavy atom. The third kappa shape index (κ3) is 2.21. The van der Waals surface area contributed by atoms with Gasteiger partial charge in [0, 0.05) is 6.07 Å². The van der Waals surface area contributed by atoms with Gasteiger partial charge in [-0.25, -0.2) is 13.5 Å². The lowest BCUT2D eigenvalue weighted by Crippen LogP contribution is -2.06. The van der Waals surface area contributed by atoms with Crippen LogP contribution in [0.4, 0.5) is 14.6 Å². The lowest BCUT2D eigenvalue weighted by molar-refractivity contribution is 0.575. The van der Waals surface area contributed by atoms with Gasteiger partial charge >= 0.3 is 0 Å². The van der Waals surface area contributed by atoms with Crippen molar-refractivity contribution in [3.8, 4) is 0 Å². The van der Waals surface area contributed by atoms with Gasteiger partial charge in [0.15, 0.2) is 0 Å².